The van der Waals surface area contributed by atoms with Gasteiger partial charge in [-0.3, -0.25) is 0 Å². The van der Waals surface area contributed by atoms with Crippen molar-refractivity contribution in [3.05, 3.63) is 23.8 Å². The van der Waals surface area contributed by atoms with E-state index in [1.165, 1.54) is 11.4 Å². The standard InChI is InChI=1S/C12H20N2O3S/c1-4-7-14(2)18(15,16)12-6-5-10(9-13)8-11(12)17-3/h5-6,8H,4,7,9,13H2,1-3H3. The quantitative estimate of drug-likeness (QED) is 0.844. The average Bonchev–Trinajstić information content (AvgIpc) is 2.38. The maximum absolute atomic E-state index is 12.3. The predicted molar refractivity (Wildman–Crippen MR) is 71.0 cm³/mol. The Morgan fingerprint density at radius 2 is 2.06 bits per heavy atom. The first-order chi connectivity index (χ1) is 8.47. The molecule has 102 valence electrons. The molecule has 1 aromatic rings. The number of methoxy groups -OCH3 is 1. The highest BCUT2D eigenvalue weighted by atomic mass is 32.2. The van der Waals surface area contributed by atoms with Gasteiger partial charge in [-0.15, -0.1) is 0 Å². The van der Waals surface area contributed by atoms with Gasteiger partial charge in [0, 0.05) is 20.1 Å². The van der Waals surface area contributed by atoms with Gasteiger partial charge >= 0.3 is 0 Å². The van der Waals surface area contributed by atoms with Crippen LogP contribution in [0.3, 0.4) is 0 Å². The zero-order valence-corrected chi connectivity index (χ0v) is 11.8. The molecule has 1 aromatic carbocycles. The van der Waals surface area contributed by atoms with Crippen molar-refractivity contribution in [1.29, 1.82) is 0 Å². The predicted octanol–water partition coefficient (Wildman–Crippen LogP) is 1.18. The summed E-state index contributed by atoms with van der Waals surface area (Å²) in [4.78, 5) is 0.179. The second-order valence-electron chi connectivity index (χ2n) is 4.02. The van der Waals surface area contributed by atoms with Crippen molar-refractivity contribution in [1.82, 2.24) is 4.31 Å². The lowest BCUT2D eigenvalue weighted by Crippen LogP contribution is -2.28. The van der Waals surface area contributed by atoms with E-state index in [0.29, 0.717) is 18.8 Å². The van der Waals surface area contributed by atoms with Gasteiger partial charge in [0.15, 0.2) is 0 Å². The minimum atomic E-state index is -3.50. The van der Waals surface area contributed by atoms with Crippen molar-refractivity contribution in [2.24, 2.45) is 5.73 Å². The summed E-state index contributed by atoms with van der Waals surface area (Å²) < 4.78 is 31.1. The summed E-state index contributed by atoms with van der Waals surface area (Å²) in [6.07, 6.45) is 0.763. The van der Waals surface area contributed by atoms with E-state index >= 15 is 0 Å². The van der Waals surface area contributed by atoms with E-state index in [0.717, 1.165) is 12.0 Å². The molecule has 0 fully saturated rings. The van der Waals surface area contributed by atoms with Crippen molar-refractivity contribution in [2.75, 3.05) is 20.7 Å². The Bertz CT molecular complexity index is 500. The van der Waals surface area contributed by atoms with Gasteiger partial charge in [0.25, 0.3) is 0 Å². The van der Waals surface area contributed by atoms with Crippen LogP contribution in [0.2, 0.25) is 0 Å². The number of hydrogen-bond acceptors (Lipinski definition) is 4. The van der Waals surface area contributed by atoms with Crippen LogP contribution < -0.4 is 10.5 Å². The van der Waals surface area contributed by atoms with Gasteiger partial charge in [-0.2, -0.15) is 0 Å². The number of hydrogen-bond donors (Lipinski definition) is 1. The van der Waals surface area contributed by atoms with Gasteiger partial charge in [-0.1, -0.05) is 13.0 Å². The van der Waals surface area contributed by atoms with Crippen LogP contribution in [-0.4, -0.2) is 33.4 Å². The number of ether oxygens (including phenoxy) is 1. The monoisotopic (exact) mass is 272 g/mol. The van der Waals surface area contributed by atoms with Crippen molar-refractivity contribution in [2.45, 2.75) is 24.8 Å². The van der Waals surface area contributed by atoms with Crippen LogP contribution in [0.1, 0.15) is 18.9 Å². The summed E-state index contributed by atoms with van der Waals surface area (Å²) in [5.41, 5.74) is 6.36. The van der Waals surface area contributed by atoms with E-state index < -0.39 is 10.0 Å². The third-order valence-electron chi connectivity index (χ3n) is 2.69. The molecule has 0 aliphatic heterocycles. The van der Waals surface area contributed by atoms with Crippen LogP contribution in [0.5, 0.6) is 5.75 Å². The van der Waals surface area contributed by atoms with Crippen LogP contribution in [0.4, 0.5) is 0 Å². The van der Waals surface area contributed by atoms with Gasteiger partial charge in [0.05, 0.1) is 7.11 Å². The molecule has 0 aliphatic rings. The normalized spacial score (nSPS) is 11.8. The fourth-order valence-corrected chi connectivity index (χ4v) is 3.05. The van der Waals surface area contributed by atoms with Crippen LogP contribution in [0.15, 0.2) is 23.1 Å². The average molecular weight is 272 g/mol. The topological polar surface area (TPSA) is 72.6 Å². The summed E-state index contributed by atoms with van der Waals surface area (Å²) in [5, 5.41) is 0. The first-order valence-corrected chi connectivity index (χ1v) is 7.24. The fraction of sp³-hybridized carbons (Fsp3) is 0.500. The van der Waals surface area contributed by atoms with Gasteiger partial charge in [0.1, 0.15) is 10.6 Å². The first kappa shape index (κ1) is 14.9. The van der Waals surface area contributed by atoms with Gasteiger partial charge in [-0.05, 0) is 24.1 Å². The Morgan fingerprint density at radius 1 is 1.39 bits per heavy atom. The molecular weight excluding hydrogens is 252 g/mol. The second-order valence-corrected chi connectivity index (χ2v) is 6.03. The third-order valence-corrected chi connectivity index (χ3v) is 4.59. The molecule has 6 heteroatoms. The molecule has 0 aromatic heterocycles. The van der Waals surface area contributed by atoms with Gasteiger partial charge in [0.2, 0.25) is 10.0 Å². The molecule has 18 heavy (non-hydrogen) atoms. The number of nitrogens with two attached hydrogens (primary N) is 1. The SMILES string of the molecule is CCCN(C)S(=O)(=O)c1ccc(CN)cc1OC. The van der Waals surface area contributed by atoms with Crippen molar-refractivity contribution in [3.8, 4) is 5.75 Å². The van der Waals surface area contributed by atoms with Crippen LogP contribution in [0.25, 0.3) is 0 Å². The summed E-state index contributed by atoms with van der Waals surface area (Å²) >= 11 is 0. The zero-order valence-electron chi connectivity index (χ0n) is 11.0. The molecule has 0 bridgehead atoms. The third kappa shape index (κ3) is 3.01. The number of nitrogens with zero attached hydrogens (tertiary/aromatic N) is 1. The first-order valence-electron chi connectivity index (χ1n) is 5.80. The summed E-state index contributed by atoms with van der Waals surface area (Å²) in [6, 6.07) is 4.91. The molecule has 1 rings (SSSR count). The highest BCUT2D eigenvalue weighted by Crippen LogP contribution is 2.27. The Hall–Kier alpha value is -1.11. The molecule has 5 nitrogen and oxygen atoms in total. The molecule has 0 saturated carbocycles. The number of benzene rings is 1. The van der Waals surface area contributed by atoms with E-state index in [-0.39, 0.29) is 4.90 Å². The van der Waals surface area contributed by atoms with Crippen LogP contribution in [-0.2, 0) is 16.6 Å². The highest BCUT2D eigenvalue weighted by Gasteiger charge is 2.24. The Morgan fingerprint density at radius 3 is 2.56 bits per heavy atom. The van der Waals surface area contributed by atoms with E-state index in [1.54, 1.807) is 25.2 Å². The van der Waals surface area contributed by atoms with Crippen molar-refractivity contribution < 1.29 is 13.2 Å². The molecule has 2 N–H and O–H groups in total. The van der Waals surface area contributed by atoms with Crippen LogP contribution in [0, 0.1) is 0 Å². The molecule has 0 radical (unpaired) electrons. The van der Waals surface area contributed by atoms with Crippen LogP contribution >= 0.6 is 0 Å². The maximum Gasteiger partial charge on any atom is 0.246 e. The molecule has 0 heterocycles. The largest absolute Gasteiger partial charge is 0.495 e. The molecule has 0 aliphatic carbocycles. The van der Waals surface area contributed by atoms with E-state index in [2.05, 4.69) is 0 Å². The van der Waals surface area contributed by atoms with Gasteiger partial charge < -0.3 is 10.5 Å². The van der Waals surface area contributed by atoms with E-state index in [9.17, 15) is 8.42 Å². The Labute approximate surface area is 109 Å². The second kappa shape index (κ2) is 6.17. The number of sulfonamides is 1. The fourth-order valence-electron chi connectivity index (χ4n) is 1.66. The minimum Gasteiger partial charge on any atom is -0.495 e. The summed E-state index contributed by atoms with van der Waals surface area (Å²) in [7, 11) is -0.484. The van der Waals surface area contributed by atoms with Crippen molar-refractivity contribution >= 4 is 10.0 Å². The molecule has 0 unspecified atom stereocenters. The smallest absolute Gasteiger partial charge is 0.246 e. The Balaban J connectivity index is 3.23. The molecule has 0 spiro atoms. The lowest BCUT2D eigenvalue weighted by molar-refractivity contribution is 0.397. The van der Waals surface area contributed by atoms with Crippen molar-refractivity contribution in [3.63, 3.8) is 0 Å². The van der Waals surface area contributed by atoms with E-state index in [4.69, 9.17) is 10.5 Å². The lowest BCUT2D eigenvalue weighted by atomic mass is 10.2. The molecule has 0 amide bonds. The molecule has 0 saturated heterocycles. The lowest BCUT2D eigenvalue weighted by Gasteiger charge is -2.18. The highest BCUT2D eigenvalue weighted by molar-refractivity contribution is 7.89. The molecular formula is C12H20N2O3S. The summed E-state index contributed by atoms with van der Waals surface area (Å²) in [5.74, 6) is 0.334. The number of rotatable bonds is 6. The zero-order chi connectivity index (χ0) is 13.8. The Kier molecular flexibility index (Phi) is 5.13. The van der Waals surface area contributed by atoms with Gasteiger partial charge in [-0.25, -0.2) is 12.7 Å². The minimum absolute atomic E-state index is 0.179. The maximum atomic E-state index is 12.3. The molecule has 0 atom stereocenters. The summed E-state index contributed by atoms with van der Waals surface area (Å²) in [6.45, 7) is 2.76. The van der Waals surface area contributed by atoms with E-state index in [1.807, 2.05) is 6.92 Å².